The Morgan fingerprint density at radius 3 is 2.46 bits per heavy atom. The summed E-state index contributed by atoms with van der Waals surface area (Å²) in [5.41, 5.74) is 7.51. The Morgan fingerprint density at radius 1 is 1.04 bits per heavy atom. The number of hydrazine groups is 1. The SMILES string of the molecule is Cc1ccc(CC(=O)NNC(=O)c2cccc([N+](=O)[O-])c2)cc1C. The third-order valence-electron chi connectivity index (χ3n) is 3.57. The zero-order valence-electron chi connectivity index (χ0n) is 13.3. The first-order valence-corrected chi connectivity index (χ1v) is 7.26. The van der Waals surface area contributed by atoms with Crippen LogP contribution < -0.4 is 10.9 Å². The Labute approximate surface area is 138 Å². The summed E-state index contributed by atoms with van der Waals surface area (Å²) in [5.74, 6) is -0.996. The summed E-state index contributed by atoms with van der Waals surface area (Å²) in [7, 11) is 0. The summed E-state index contributed by atoms with van der Waals surface area (Å²) < 4.78 is 0. The van der Waals surface area contributed by atoms with Gasteiger partial charge in [0.1, 0.15) is 0 Å². The monoisotopic (exact) mass is 327 g/mol. The van der Waals surface area contributed by atoms with Gasteiger partial charge in [-0.2, -0.15) is 0 Å². The third kappa shape index (κ3) is 4.39. The minimum Gasteiger partial charge on any atom is -0.273 e. The summed E-state index contributed by atoms with van der Waals surface area (Å²) in [6, 6.07) is 11.0. The van der Waals surface area contributed by atoms with Gasteiger partial charge >= 0.3 is 0 Å². The molecular weight excluding hydrogens is 310 g/mol. The quantitative estimate of drug-likeness (QED) is 0.664. The van der Waals surface area contributed by atoms with Crippen LogP contribution in [0.5, 0.6) is 0 Å². The number of rotatable bonds is 4. The van der Waals surface area contributed by atoms with E-state index in [9.17, 15) is 19.7 Å². The molecule has 0 bridgehead atoms. The number of nitro benzene ring substituents is 1. The highest BCUT2D eigenvalue weighted by atomic mass is 16.6. The van der Waals surface area contributed by atoms with Gasteiger partial charge in [0.05, 0.1) is 11.3 Å². The molecule has 0 aliphatic carbocycles. The van der Waals surface area contributed by atoms with Crippen LogP contribution in [-0.2, 0) is 11.2 Å². The Morgan fingerprint density at radius 2 is 1.79 bits per heavy atom. The van der Waals surface area contributed by atoms with Crippen molar-refractivity contribution < 1.29 is 14.5 Å². The molecule has 2 aromatic rings. The lowest BCUT2D eigenvalue weighted by Crippen LogP contribution is -2.42. The van der Waals surface area contributed by atoms with Crippen molar-refractivity contribution in [2.24, 2.45) is 0 Å². The molecule has 0 saturated carbocycles. The van der Waals surface area contributed by atoms with E-state index in [1.807, 2.05) is 32.0 Å². The van der Waals surface area contributed by atoms with Gasteiger partial charge in [-0.05, 0) is 36.6 Å². The van der Waals surface area contributed by atoms with E-state index < -0.39 is 10.8 Å². The van der Waals surface area contributed by atoms with Crippen LogP contribution in [0.25, 0.3) is 0 Å². The smallest absolute Gasteiger partial charge is 0.270 e. The molecule has 0 unspecified atom stereocenters. The number of non-ortho nitro benzene ring substituents is 1. The van der Waals surface area contributed by atoms with E-state index in [-0.39, 0.29) is 23.6 Å². The lowest BCUT2D eigenvalue weighted by molar-refractivity contribution is -0.384. The summed E-state index contributed by atoms with van der Waals surface area (Å²) in [6.07, 6.45) is 0.121. The molecule has 2 aromatic carbocycles. The fraction of sp³-hybridized carbons (Fsp3) is 0.176. The zero-order chi connectivity index (χ0) is 17.7. The fourth-order valence-electron chi connectivity index (χ4n) is 2.10. The molecule has 7 nitrogen and oxygen atoms in total. The Balaban J connectivity index is 1.93. The maximum atomic E-state index is 11.9. The lowest BCUT2D eigenvalue weighted by atomic mass is 10.0. The first kappa shape index (κ1) is 17.1. The van der Waals surface area contributed by atoms with Crippen molar-refractivity contribution in [3.8, 4) is 0 Å². The van der Waals surface area contributed by atoms with Crippen molar-refractivity contribution in [2.45, 2.75) is 20.3 Å². The van der Waals surface area contributed by atoms with Crippen LogP contribution in [0, 0.1) is 24.0 Å². The topological polar surface area (TPSA) is 101 Å². The molecule has 0 radical (unpaired) electrons. The average Bonchev–Trinajstić information content (AvgIpc) is 2.56. The average molecular weight is 327 g/mol. The van der Waals surface area contributed by atoms with Crippen LogP contribution in [-0.4, -0.2) is 16.7 Å². The molecule has 7 heteroatoms. The first-order valence-electron chi connectivity index (χ1n) is 7.26. The number of nitrogens with zero attached hydrogens (tertiary/aromatic N) is 1. The molecule has 0 spiro atoms. The highest BCUT2D eigenvalue weighted by molar-refractivity contribution is 5.96. The van der Waals surface area contributed by atoms with E-state index in [4.69, 9.17) is 0 Å². The van der Waals surface area contributed by atoms with E-state index in [2.05, 4.69) is 10.9 Å². The molecule has 0 aliphatic rings. The van der Waals surface area contributed by atoms with Crippen molar-refractivity contribution in [3.05, 3.63) is 74.8 Å². The van der Waals surface area contributed by atoms with Crippen molar-refractivity contribution in [3.63, 3.8) is 0 Å². The molecule has 2 rings (SSSR count). The summed E-state index contributed by atoms with van der Waals surface area (Å²) in [6.45, 7) is 3.94. The maximum Gasteiger partial charge on any atom is 0.270 e. The number of carbonyl (C=O) groups is 2. The highest BCUT2D eigenvalue weighted by Gasteiger charge is 2.12. The van der Waals surface area contributed by atoms with Gasteiger partial charge in [0.15, 0.2) is 0 Å². The predicted octanol–water partition coefficient (Wildman–Crippen LogP) is 2.22. The van der Waals surface area contributed by atoms with Gasteiger partial charge < -0.3 is 0 Å². The number of amides is 2. The number of hydrogen-bond acceptors (Lipinski definition) is 4. The first-order chi connectivity index (χ1) is 11.4. The van der Waals surface area contributed by atoms with Crippen molar-refractivity contribution >= 4 is 17.5 Å². The largest absolute Gasteiger partial charge is 0.273 e. The van der Waals surface area contributed by atoms with Crippen LogP contribution in [0.1, 0.15) is 27.0 Å². The van der Waals surface area contributed by atoms with Crippen LogP contribution in [0.15, 0.2) is 42.5 Å². The molecule has 2 amide bonds. The number of aryl methyl sites for hydroxylation is 2. The Kier molecular flexibility index (Phi) is 5.26. The maximum absolute atomic E-state index is 11.9. The van der Waals surface area contributed by atoms with Gasteiger partial charge in [0.2, 0.25) is 5.91 Å². The normalized spacial score (nSPS) is 10.1. The lowest BCUT2D eigenvalue weighted by Gasteiger charge is -2.08. The van der Waals surface area contributed by atoms with Gasteiger partial charge in [-0.15, -0.1) is 0 Å². The molecule has 0 heterocycles. The number of nitrogens with one attached hydrogen (secondary N) is 2. The number of hydrogen-bond donors (Lipinski definition) is 2. The van der Waals surface area contributed by atoms with Crippen LogP contribution in [0.4, 0.5) is 5.69 Å². The zero-order valence-corrected chi connectivity index (χ0v) is 13.3. The van der Waals surface area contributed by atoms with Gasteiger partial charge in [-0.1, -0.05) is 24.3 Å². The van der Waals surface area contributed by atoms with Crippen LogP contribution in [0.3, 0.4) is 0 Å². The summed E-state index contributed by atoms with van der Waals surface area (Å²) in [5, 5.41) is 10.7. The second kappa shape index (κ2) is 7.36. The Bertz CT molecular complexity index is 802. The molecular formula is C17H17N3O4. The molecule has 0 fully saturated rings. The molecule has 24 heavy (non-hydrogen) atoms. The highest BCUT2D eigenvalue weighted by Crippen LogP contribution is 2.13. The molecule has 0 aliphatic heterocycles. The third-order valence-corrected chi connectivity index (χ3v) is 3.57. The summed E-state index contributed by atoms with van der Waals surface area (Å²) >= 11 is 0. The van der Waals surface area contributed by atoms with Gasteiger partial charge in [0.25, 0.3) is 11.6 Å². The van der Waals surface area contributed by atoms with Crippen molar-refractivity contribution in [2.75, 3.05) is 0 Å². The molecule has 124 valence electrons. The number of nitro groups is 1. The van der Waals surface area contributed by atoms with Gasteiger partial charge in [-0.3, -0.25) is 30.6 Å². The van der Waals surface area contributed by atoms with Gasteiger partial charge in [-0.25, -0.2) is 0 Å². The van der Waals surface area contributed by atoms with E-state index in [1.165, 1.54) is 18.2 Å². The van der Waals surface area contributed by atoms with E-state index in [0.717, 1.165) is 22.8 Å². The standard InChI is InChI=1S/C17H17N3O4/c1-11-6-7-13(8-12(11)2)9-16(21)18-19-17(22)14-4-3-5-15(10-14)20(23)24/h3-8,10H,9H2,1-2H3,(H,18,21)(H,19,22). The minimum absolute atomic E-state index is 0.0932. The van der Waals surface area contributed by atoms with Gasteiger partial charge in [0, 0.05) is 17.7 Å². The molecule has 2 N–H and O–H groups in total. The molecule has 0 aromatic heterocycles. The van der Waals surface area contributed by atoms with Crippen molar-refractivity contribution in [1.29, 1.82) is 0 Å². The van der Waals surface area contributed by atoms with E-state index in [0.29, 0.717) is 0 Å². The fourth-order valence-corrected chi connectivity index (χ4v) is 2.10. The molecule has 0 atom stereocenters. The second-order valence-corrected chi connectivity index (χ2v) is 5.41. The molecule has 0 saturated heterocycles. The second-order valence-electron chi connectivity index (χ2n) is 5.41. The number of carbonyl (C=O) groups excluding carboxylic acids is 2. The van der Waals surface area contributed by atoms with E-state index in [1.54, 1.807) is 0 Å². The summed E-state index contributed by atoms with van der Waals surface area (Å²) in [4.78, 5) is 33.9. The predicted molar refractivity (Wildman–Crippen MR) is 88.3 cm³/mol. The minimum atomic E-state index is -0.618. The van der Waals surface area contributed by atoms with Crippen LogP contribution >= 0.6 is 0 Å². The number of benzene rings is 2. The van der Waals surface area contributed by atoms with Crippen molar-refractivity contribution in [1.82, 2.24) is 10.9 Å². The van der Waals surface area contributed by atoms with Crippen LogP contribution in [0.2, 0.25) is 0 Å². The Hall–Kier alpha value is -3.22. The van der Waals surface area contributed by atoms with E-state index >= 15 is 0 Å².